The van der Waals surface area contributed by atoms with Crippen LogP contribution in [0.3, 0.4) is 0 Å². The standard InChI is InChI=1S/C13H19N3O2/c1-2-4-10-7-11(15-9-14-10)16-13(5-3-6-13)8-12(17)18/h7,9H,2-6,8H2,1H3,(H,17,18)(H,14,15,16). The van der Waals surface area contributed by atoms with E-state index >= 15 is 0 Å². The number of hydrogen-bond acceptors (Lipinski definition) is 4. The monoisotopic (exact) mass is 249 g/mol. The van der Waals surface area contributed by atoms with Gasteiger partial charge in [0.15, 0.2) is 0 Å². The van der Waals surface area contributed by atoms with E-state index in [0.717, 1.165) is 43.6 Å². The van der Waals surface area contributed by atoms with Crippen LogP contribution in [0.5, 0.6) is 0 Å². The van der Waals surface area contributed by atoms with Gasteiger partial charge in [0.25, 0.3) is 0 Å². The fraction of sp³-hybridized carbons (Fsp3) is 0.615. The number of nitrogens with one attached hydrogen (secondary N) is 1. The molecule has 0 saturated heterocycles. The van der Waals surface area contributed by atoms with E-state index in [2.05, 4.69) is 22.2 Å². The van der Waals surface area contributed by atoms with Gasteiger partial charge in [-0.15, -0.1) is 0 Å². The van der Waals surface area contributed by atoms with Gasteiger partial charge in [0.05, 0.1) is 6.42 Å². The maximum Gasteiger partial charge on any atom is 0.305 e. The molecule has 0 radical (unpaired) electrons. The fourth-order valence-corrected chi connectivity index (χ4v) is 2.37. The molecule has 1 saturated carbocycles. The molecule has 1 aromatic rings. The number of carboxylic acid groups (broad SMARTS) is 1. The van der Waals surface area contributed by atoms with Crippen LogP contribution in [0.2, 0.25) is 0 Å². The Hall–Kier alpha value is -1.65. The maximum absolute atomic E-state index is 10.9. The number of carboxylic acids is 1. The van der Waals surface area contributed by atoms with Gasteiger partial charge in [-0.05, 0) is 25.7 Å². The number of aliphatic carboxylic acids is 1. The Morgan fingerprint density at radius 3 is 2.83 bits per heavy atom. The van der Waals surface area contributed by atoms with Crippen molar-refractivity contribution < 1.29 is 9.90 Å². The number of anilines is 1. The summed E-state index contributed by atoms with van der Waals surface area (Å²) in [6.07, 6.45) is 6.52. The van der Waals surface area contributed by atoms with Crippen molar-refractivity contribution in [1.29, 1.82) is 0 Å². The average Bonchev–Trinajstić information content (AvgIpc) is 2.26. The molecule has 1 aliphatic carbocycles. The van der Waals surface area contributed by atoms with Gasteiger partial charge < -0.3 is 10.4 Å². The Balaban J connectivity index is 2.07. The summed E-state index contributed by atoms with van der Waals surface area (Å²) in [4.78, 5) is 19.3. The summed E-state index contributed by atoms with van der Waals surface area (Å²) in [5.41, 5.74) is 0.698. The van der Waals surface area contributed by atoms with Crippen LogP contribution < -0.4 is 5.32 Å². The third kappa shape index (κ3) is 2.97. The molecule has 2 N–H and O–H groups in total. The van der Waals surface area contributed by atoms with Gasteiger partial charge >= 0.3 is 5.97 Å². The summed E-state index contributed by atoms with van der Waals surface area (Å²) in [6, 6.07) is 1.92. The highest BCUT2D eigenvalue weighted by molar-refractivity contribution is 5.69. The molecule has 0 atom stereocenters. The fourth-order valence-electron chi connectivity index (χ4n) is 2.37. The molecule has 1 aromatic heterocycles. The molecule has 0 unspecified atom stereocenters. The molecule has 5 heteroatoms. The minimum Gasteiger partial charge on any atom is -0.481 e. The van der Waals surface area contributed by atoms with Gasteiger partial charge in [0.1, 0.15) is 12.1 Å². The minimum atomic E-state index is -0.759. The molecular weight excluding hydrogens is 230 g/mol. The average molecular weight is 249 g/mol. The van der Waals surface area contributed by atoms with E-state index in [1.807, 2.05) is 6.07 Å². The molecule has 1 aliphatic rings. The zero-order valence-corrected chi connectivity index (χ0v) is 10.6. The van der Waals surface area contributed by atoms with E-state index in [0.29, 0.717) is 0 Å². The van der Waals surface area contributed by atoms with Crippen LogP contribution >= 0.6 is 0 Å². The summed E-state index contributed by atoms with van der Waals surface area (Å²) in [6.45, 7) is 2.10. The van der Waals surface area contributed by atoms with Crippen molar-refractivity contribution >= 4 is 11.8 Å². The Morgan fingerprint density at radius 2 is 2.28 bits per heavy atom. The SMILES string of the molecule is CCCc1cc(NC2(CC(=O)O)CCC2)ncn1. The van der Waals surface area contributed by atoms with Gasteiger partial charge in [-0.3, -0.25) is 4.79 Å². The second-order valence-electron chi connectivity index (χ2n) is 4.97. The predicted molar refractivity (Wildman–Crippen MR) is 68.5 cm³/mol. The van der Waals surface area contributed by atoms with Crippen LogP contribution in [0.25, 0.3) is 0 Å². The largest absolute Gasteiger partial charge is 0.481 e. The van der Waals surface area contributed by atoms with Crippen molar-refractivity contribution in [3.63, 3.8) is 0 Å². The first-order valence-corrected chi connectivity index (χ1v) is 6.44. The lowest BCUT2D eigenvalue weighted by atomic mass is 9.74. The lowest BCUT2D eigenvalue weighted by Crippen LogP contribution is -2.47. The van der Waals surface area contributed by atoms with Gasteiger partial charge in [-0.1, -0.05) is 13.3 Å². The summed E-state index contributed by atoms with van der Waals surface area (Å²) in [7, 11) is 0. The molecular formula is C13H19N3O2. The molecule has 0 aliphatic heterocycles. The van der Waals surface area contributed by atoms with Crippen LogP contribution in [0.1, 0.15) is 44.7 Å². The van der Waals surface area contributed by atoms with Crippen LogP contribution in [0.15, 0.2) is 12.4 Å². The third-order valence-corrected chi connectivity index (χ3v) is 3.42. The summed E-state index contributed by atoms with van der Waals surface area (Å²) < 4.78 is 0. The number of hydrogen-bond donors (Lipinski definition) is 2. The smallest absolute Gasteiger partial charge is 0.305 e. The number of aromatic nitrogens is 2. The number of aryl methyl sites for hydroxylation is 1. The maximum atomic E-state index is 10.9. The second kappa shape index (κ2) is 5.33. The summed E-state index contributed by atoms with van der Waals surface area (Å²) in [5.74, 6) is -0.0144. The van der Waals surface area contributed by atoms with Crippen molar-refractivity contribution in [1.82, 2.24) is 9.97 Å². The van der Waals surface area contributed by atoms with Crippen LogP contribution in [-0.2, 0) is 11.2 Å². The van der Waals surface area contributed by atoms with Crippen molar-refractivity contribution in [3.8, 4) is 0 Å². The molecule has 1 fully saturated rings. The normalized spacial score (nSPS) is 16.9. The van der Waals surface area contributed by atoms with Crippen LogP contribution in [0.4, 0.5) is 5.82 Å². The number of nitrogens with zero attached hydrogens (tertiary/aromatic N) is 2. The molecule has 5 nitrogen and oxygen atoms in total. The lowest BCUT2D eigenvalue weighted by molar-refractivity contribution is -0.138. The zero-order chi connectivity index (χ0) is 13.0. The van der Waals surface area contributed by atoms with Gasteiger partial charge in [0, 0.05) is 17.3 Å². The molecule has 0 aromatic carbocycles. The van der Waals surface area contributed by atoms with Gasteiger partial charge in [0.2, 0.25) is 0 Å². The molecule has 18 heavy (non-hydrogen) atoms. The zero-order valence-electron chi connectivity index (χ0n) is 10.6. The summed E-state index contributed by atoms with van der Waals surface area (Å²) >= 11 is 0. The van der Waals surface area contributed by atoms with E-state index in [4.69, 9.17) is 5.11 Å². The van der Waals surface area contributed by atoms with Crippen molar-refractivity contribution in [2.75, 3.05) is 5.32 Å². The van der Waals surface area contributed by atoms with Gasteiger partial charge in [-0.2, -0.15) is 0 Å². The molecule has 0 amide bonds. The first kappa shape index (κ1) is 12.8. The predicted octanol–water partition coefficient (Wildman–Crippen LogP) is 2.24. The molecule has 1 heterocycles. The highest BCUT2D eigenvalue weighted by Crippen LogP contribution is 2.37. The number of rotatable bonds is 6. The van der Waals surface area contributed by atoms with E-state index in [-0.39, 0.29) is 12.0 Å². The van der Waals surface area contributed by atoms with Crippen molar-refractivity contribution in [3.05, 3.63) is 18.1 Å². The molecule has 98 valence electrons. The first-order chi connectivity index (χ1) is 8.63. The quantitative estimate of drug-likeness (QED) is 0.808. The molecule has 0 spiro atoms. The highest BCUT2D eigenvalue weighted by atomic mass is 16.4. The third-order valence-electron chi connectivity index (χ3n) is 3.42. The van der Waals surface area contributed by atoms with E-state index in [9.17, 15) is 4.79 Å². The van der Waals surface area contributed by atoms with Gasteiger partial charge in [-0.25, -0.2) is 9.97 Å². The van der Waals surface area contributed by atoms with E-state index in [1.165, 1.54) is 0 Å². The molecule has 0 bridgehead atoms. The van der Waals surface area contributed by atoms with Crippen molar-refractivity contribution in [2.24, 2.45) is 0 Å². The second-order valence-corrected chi connectivity index (χ2v) is 4.97. The summed E-state index contributed by atoms with van der Waals surface area (Å²) in [5, 5.41) is 12.2. The highest BCUT2D eigenvalue weighted by Gasteiger charge is 2.39. The minimum absolute atomic E-state index is 0.153. The number of carbonyl (C=O) groups is 1. The molecule has 2 rings (SSSR count). The Morgan fingerprint density at radius 1 is 1.50 bits per heavy atom. The lowest BCUT2D eigenvalue weighted by Gasteiger charge is -2.41. The van der Waals surface area contributed by atoms with Crippen molar-refractivity contribution in [2.45, 2.75) is 51.0 Å². The Labute approximate surface area is 107 Å². The van der Waals surface area contributed by atoms with E-state index < -0.39 is 5.97 Å². The first-order valence-electron chi connectivity index (χ1n) is 6.44. The van der Waals surface area contributed by atoms with Crippen LogP contribution in [-0.4, -0.2) is 26.6 Å². The van der Waals surface area contributed by atoms with E-state index in [1.54, 1.807) is 6.33 Å². The topological polar surface area (TPSA) is 75.1 Å². The Kier molecular flexibility index (Phi) is 3.79. The van der Waals surface area contributed by atoms with Crippen LogP contribution in [0, 0.1) is 0 Å². The Bertz CT molecular complexity index is 430.